The number of anilines is 1. The first-order valence-corrected chi connectivity index (χ1v) is 12.4. The Morgan fingerprint density at radius 2 is 1.51 bits per heavy atom. The highest BCUT2D eigenvalue weighted by molar-refractivity contribution is 5.90. The van der Waals surface area contributed by atoms with E-state index < -0.39 is 0 Å². The molecule has 0 amide bonds. The molecule has 0 bridgehead atoms. The number of ether oxygens (including phenoxy) is 2. The molecular formula is C33H29NO3. The Hall–Kier alpha value is -4.57. The Morgan fingerprint density at radius 1 is 0.784 bits per heavy atom. The zero-order valence-electron chi connectivity index (χ0n) is 20.8. The van der Waals surface area contributed by atoms with Gasteiger partial charge >= 0.3 is 5.97 Å². The zero-order valence-corrected chi connectivity index (χ0v) is 20.8. The number of rotatable bonds is 9. The van der Waals surface area contributed by atoms with Gasteiger partial charge < -0.3 is 14.8 Å². The van der Waals surface area contributed by atoms with Crippen molar-refractivity contribution in [2.45, 2.75) is 6.42 Å². The summed E-state index contributed by atoms with van der Waals surface area (Å²) in [5.41, 5.74) is 3.82. The van der Waals surface area contributed by atoms with E-state index in [1.165, 1.54) is 28.8 Å². The van der Waals surface area contributed by atoms with Crippen LogP contribution in [0, 0.1) is 0 Å². The molecule has 0 aliphatic carbocycles. The van der Waals surface area contributed by atoms with E-state index in [9.17, 15) is 4.79 Å². The van der Waals surface area contributed by atoms with Gasteiger partial charge in [-0.1, -0.05) is 84.9 Å². The van der Waals surface area contributed by atoms with Gasteiger partial charge in [0.1, 0.15) is 5.75 Å². The normalized spacial score (nSPS) is 11.4. The van der Waals surface area contributed by atoms with E-state index in [2.05, 4.69) is 72.1 Å². The van der Waals surface area contributed by atoms with Crippen molar-refractivity contribution in [1.82, 2.24) is 0 Å². The summed E-state index contributed by atoms with van der Waals surface area (Å²) >= 11 is 0. The van der Waals surface area contributed by atoms with Crippen LogP contribution in [-0.2, 0) is 4.74 Å². The lowest BCUT2D eigenvalue weighted by Gasteiger charge is -2.14. The molecule has 0 aliphatic rings. The predicted octanol–water partition coefficient (Wildman–Crippen LogP) is 7.74. The van der Waals surface area contributed by atoms with Gasteiger partial charge in [-0.3, -0.25) is 0 Å². The third-order valence-corrected chi connectivity index (χ3v) is 6.40. The quantitative estimate of drug-likeness (QED) is 0.216. The van der Waals surface area contributed by atoms with Crippen LogP contribution in [0.25, 0.3) is 27.6 Å². The highest BCUT2D eigenvalue weighted by Crippen LogP contribution is 2.26. The molecule has 1 N–H and O–H groups in total. The largest absolute Gasteiger partial charge is 0.493 e. The highest BCUT2D eigenvalue weighted by Gasteiger charge is 2.07. The number of fused-ring (bicyclic) bond motifs is 2. The van der Waals surface area contributed by atoms with E-state index >= 15 is 0 Å². The number of hydrogen-bond acceptors (Lipinski definition) is 4. The second-order valence-electron chi connectivity index (χ2n) is 8.91. The van der Waals surface area contributed by atoms with Crippen LogP contribution >= 0.6 is 0 Å². The summed E-state index contributed by atoms with van der Waals surface area (Å²) in [7, 11) is 1.39. The second kappa shape index (κ2) is 11.4. The Kier molecular flexibility index (Phi) is 7.47. The molecule has 4 nitrogen and oxygen atoms in total. The first kappa shape index (κ1) is 24.1. The lowest BCUT2D eigenvalue weighted by molar-refractivity contribution is 0.0600. The van der Waals surface area contributed by atoms with Gasteiger partial charge in [0.15, 0.2) is 0 Å². The van der Waals surface area contributed by atoms with Gasteiger partial charge in [0, 0.05) is 24.0 Å². The van der Waals surface area contributed by atoms with E-state index in [4.69, 9.17) is 9.47 Å². The molecule has 0 heterocycles. The van der Waals surface area contributed by atoms with Crippen LogP contribution in [0.1, 0.15) is 22.3 Å². The van der Waals surface area contributed by atoms with Crippen molar-refractivity contribution in [3.8, 4) is 5.75 Å². The van der Waals surface area contributed by atoms with Gasteiger partial charge in [0.25, 0.3) is 0 Å². The number of esters is 1. The van der Waals surface area contributed by atoms with Crippen molar-refractivity contribution in [2.24, 2.45) is 0 Å². The fourth-order valence-electron chi connectivity index (χ4n) is 4.41. The first-order chi connectivity index (χ1) is 18.2. The molecule has 0 aliphatic heterocycles. The van der Waals surface area contributed by atoms with Crippen LogP contribution in [0.15, 0.2) is 115 Å². The number of carbonyl (C=O) groups excluding carboxylic acids is 1. The Labute approximate surface area is 217 Å². The summed E-state index contributed by atoms with van der Waals surface area (Å²) in [6, 6.07) is 36.6. The van der Waals surface area contributed by atoms with Gasteiger partial charge in [-0.2, -0.15) is 0 Å². The van der Waals surface area contributed by atoms with E-state index in [-0.39, 0.29) is 5.97 Å². The van der Waals surface area contributed by atoms with E-state index in [0.29, 0.717) is 18.7 Å². The molecule has 0 saturated carbocycles. The third kappa shape index (κ3) is 5.99. The Morgan fingerprint density at radius 3 is 2.32 bits per heavy atom. The standard InChI is InChI=1S/C33H29NO3/c1-36-33(35)28-15-13-24(14-16-28)21-25(23-34-30-18-17-26-7-2-3-9-29(26)22-30)19-20-37-32-12-6-10-27-8-4-5-11-31(27)32/h2-18,21-22,34H,19-20,23H2,1H3/b25-21+. The van der Waals surface area contributed by atoms with Crippen LogP contribution in [0.4, 0.5) is 5.69 Å². The molecule has 184 valence electrons. The third-order valence-electron chi connectivity index (χ3n) is 6.40. The molecule has 0 aromatic heterocycles. The predicted molar refractivity (Wildman–Crippen MR) is 152 cm³/mol. The molecule has 4 heteroatoms. The average Bonchev–Trinajstić information content (AvgIpc) is 2.95. The van der Waals surface area contributed by atoms with E-state index in [1.54, 1.807) is 12.1 Å². The SMILES string of the molecule is COC(=O)c1ccc(/C=C(\CCOc2cccc3ccccc23)CNc2ccc3ccccc3c2)cc1. The highest BCUT2D eigenvalue weighted by atomic mass is 16.5. The summed E-state index contributed by atoms with van der Waals surface area (Å²) in [6.45, 7) is 1.23. The molecule has 0 fully saturated rings. The maximum atomic E-state index is 11.8. The van der Waals surface area contributed by atoms with Crippen molar-refractivity contribution in [2.75, 3.05) is 25.6 Å². The lowest BCUT2D eigenvalue weighted by Crippen LogP contribution is -2.09. The number of hydrogen-bond donors (Lipinski definition) is 1. The van der Waals surface area contributed by atoms with Gasteiger partial charge in [0.2, 0.25) is 0 Å². The average molecular weight is 488 g/mol. The Bertz CT molecular complexity index is 1550. The van der Waals surface area contributed by atoms with Gasteiger partial charge in [0.05, 0.1) is 19.3 Å². The minimum atomic E-state index is -0.336. The zero-order chi connectivity index (χ0) is 25.5. The van der Waals surface area contributed by atoms with Crippen LogP contribution in [0.2, 0.25) is 0 Å². The van der Waals surface area contributed by atoms with Crippen molar-refractivity contribution in [3.63, 3.8) is 0 Å². The van der Waals surface area contributed by atoms with Crippen LogP contribution < -0.4 is 10.1 Å². The van der Waals surface area contributed by atoms with Crippen molar-refractivity contribution < 1.29 is 14.3 Å². The first-order valence-electron chi connectivity index (χ1n) is 12.4. The summed E-state index contributed by atoms with van der Waals surface area (Å²) in [6.07, 6.45) is 2.91. The number of benzene rings is 5. The van der Waals surface area contributed by atoms with Gasteiger partial charge in [-0.15, -0.1) is 0 Å². The summed E-state index contributed by atoms with van der Waals surface area (Å²) in [4.78, 5) is 11.8. The van der Waals surface area contributed by atoms with Crippen molar-refractivity contribution >= 4 is 39.3 Å². The summed E-state index contributed by atoms with van der Waals surface area (Å²) < 4.78 is 11.1. The van der Waals surface area contributed by atoms with Gasteiger partial charge in [-0.05, 0) is 57.6 Å². The molecule has 0 saturated heterocycles. The Balaban J connectivity index is 1.33. The van der Waals surface area contributed by atoms with E-state index in [1.807, 2.05) is 36.4 Å². The minimum Gasteiger partial charge on any atom is -0.493 e. The molecule has 0 spiro atoms. The second-order valence-corrected chi connectivity index (χ2v) is 8.91. The topological polar surface area (TPSA) is 47.6 Å². The number of carbonyl (C=O) groups is 1. The molecule has 37 heavy (non-hydrogen) atoms. The summed E-state index contributed by atoms with van der Waals surface area (Å²) in [5.74, 6) is 0.555. The molecule has 5 rings (SSSR count). The molecule has 0 unspecified atom stereocenters. The molecule has 0 radical (unpaired) electrons. The molecule has 5 aromatic rings. The maximum absolute atomic E-state index is 11.8. The fraction of sp³-hybridized carbons (Fsp3) is 0.121. The molecule has 5 aromatic carbocycles. The van der Waals surface area contributed by atoms with Crippen LogP contribution in [0.5, 0.6) is 5.75 Å². The van der Waals surface area contributed by atoms with Crippen LogP contribution in [-0.4, -0.2) is 26.2 Å². The minimum absolute atomic E-state index is 0.336. The van der Waals surface area contributed by atoms with Crippen molar-refractivity contribution in [1.29, 1.82) is 0 Å². The maximum Gasteiger partial charge on any atom is 0.337 e. The molecule has 0 atom stereocenters. The fourth-order valence-corrected chi connectivity index (χ4v) is 4.41. The lowest BCUT2D eigenvalue weighted by atomic mass is 10.1. The van der Waals surface area contributed by atoms with E-state index in [0.717, 1.165) is 28.8 Å². The smallest absolute Gasteiger partial charge is 0.337 e. The monoisotopic (exact) mass is 487 g/mol. The van der Waals surface area contributed by atoms with Gasteiger partial charge in [-0.25, -0.2) is 4.79 Å². The number of methoxy groups -OCH3 is 1. The summed E-state index contributed by atoms with van der Waals surface area (Å²) in [5, 5.41) is 8.28. The van der Waals surface area contributed by atoms with Crippen molar-refractivity contribution in [3.05, 3.63) is 126 Å². The van der Waals surface area contributed by atoms with Crippen LogP contribution in [0.3, 0.4) is 0 Å². The number of nitrogens with one attached hydrogen (secondary N) is 1. The molecular weight excluding hydrogens is 458 g/mol.